The van der Waals surface area contributed by atoms with Crippen molar-refractivity contribution in [2.45, 2.75) is 32.7 Å². The van der Waals surface area contributed by atoms with Crippen molar-refractivity contribution in [3.8, 4) is 0 Å². The van der Waals surface area contributed by atoms with Gasteiger partial charge in [0.25, 0.3) is 0 Å². The highest BCUT2D eigenvalue weighted by Gasteiger charge is 2.42. The summed E-state index contributed by atoms with van der Waals surface area (Å²) in [6.07, 6.45) is 2.05. The molecule has 0 bridgehead atoms. The molecule has 2 atom stereocenters. The van der Waals surface area contributed by atoms with Gasteiger partial charge >= 0.3 is 5.97 Å². The van der Waals surface area contributed by atoms with Gasteiger partial charge in [0.05, 0.1) is 6.61 Å². The Hall–Kier alpha value is -2.44. The Labute approximate surface area is 152 Å². The molecule has 2 heterocycles. The molecular weight excluding hydrogens is 337 g/mol. The molecule has 1 aromatic carbocycles. The molecule has 140 valence electrons. The number of hydrogen-bond donors (Lipinski definition) is 1. The Morgan fingerprint density at radius 2 is 1.96 bits per heavy atom. The van der Waals surface area contributed by atoms with Crippen molar-refractivity contribution < 1.29 is 18.7 Å². The molecule has 0 saturated carbocycles. The zero-order valence-corrected chi connectivity index (χ0v) is 15.1. The summed E-state index contributed by atoms with van der Waals surface area (Å²) in [4.78, 5) is 31.7. The number of carbonyl (C=O) groups excluding carboxylic acids is 2. The number of amides is 1. The smallest absolute Gasteiger partial charge is 0.321 e. The fourth-order valence-corrected chi connectivity index (χ4v) is 3.35. The van der Waals surface area contributed by atoms with Crippen LogP contribution >= 0.6 is 0 Å². The van der Waals surface area contributed by atoms with E-state index in [0.717, 1.165) is 25.9 Å². The predicted octanol–water partition coefficient (Wildman–Crippen LogP) is 2.26. The number of nitrogens with one attached hydrogen (secondary N) is 1. The summed E-state index contributed by atoms with van der Waals surface area (Å²) < 4.78 is 18.4. The average Bonchev–Trinajstić information content (AvgIpc) is 2.62. The van der Waals surface area contributed by atoms with Crippen molar-refractivity contribution in [2.24, 2.45) is 16.8 Å². The number of piperidine rings is 1. The number of nitrogens with zero attached hydrogens (tertiary/aromatic N) is 2. The van der Waals surface area contributed by atoms with Gasteiger partial charge < -0.3 is 9.64 Å². The van der Waals surface area contributed by atoms with Crippen LogP contribution in [0.15, 0.2) is 29.3 Å². The second-order valence-corrected chi connectivity index (χ2v) is 6.84. The molecule has 1 saturated heterocycles. The van der Waals surface area contributed by atoms with Gasteiger partial charge in [-0.05, 0) is 43.4 Å². The van der Waals surface area contributed by atoms with Crippen molar-refractivity contribution in [3.05, 3.63) is 35.6 Å². The average molecular weight is 361 g/mol. The highest BCUT2D eigenvalue weighted by Crippen LogP contribution is 2.31. The van der Waals surface area contributed by atoms with Crippen LogP contribution in [0.1, 0.15) is 38.3 Å². The minimum absolute atomic E-state index is 0.180. The van der Waals surface area contributed by atoms with E-state index in [9.17, 15) is 14.0 Å². The molecule has 2 aliphatic rings. The molecule has 1 aromatic rings. The molecule has 2 unspecified atom stereocenters. The van der Waals surface area contributed by atoms with E-state index in [-0.39, 0.29) is 12.4 Å². The third-order valence-corrected chi connectivity index (χ3v) is 4.93. The number of esters is 1. The molecule has 6 nitrogen and oxygen atoms in total. The van der Waals surface area contributed by atoms with Crippen molar-refractivity contribution in [3.63, 3.8) is 0 Å². The van der Waals surface area contributed by atoms with Gasteiger partial charge in [0.15, 0.2) is 5.92 Å². The summed E-state index contributed by atoms with van der Waals surface area (Å²) in [6.45, 7) is 5.69. The summed E-state index contributed by atoms with van der Waals surface area (Å²) in [5.74, 6) is -1.37. The van der Waals surface area contributed by atoms with Gasteiger partial charge in [0.1, 0.15) is 11.9 Å². The number of hydrogen-bond acceptors (Lipinski definition) is 5. The van der Waals surface area contributed by atoms with Crippen LogP contribution in [-0.4, -0.2) is 42.4 Å². The van der Waals surface area contributed by atoms with Gasteiger partial charge in [-0.1, -0.05) is 19.1 Å². The molecule has 0 radical (unpaired) electrons. The first kappa shape index (κ1) is 18.4. The molecule has 1 fully saturated rings. The van der Waals surface area contributed by atoms with Crippen molar-refractivity contribution in [1.29, 1.82) is 0 Å². The van der Waals surface area contributed by atoms with Crippen LogP contribution in [0.2, 0.25) is 0 Å². The maximum atomic E-state index is 13.3. The zero-order chi connectivity index (χ0) is 18.7. The van der Waals surface area contributed by atoms with E-state index < -0.39 is 23.8 Å². The number of benzene rings is 1. The Balaban J connectivity index is 1.93. The van der Waals surface area contributed by atoms with Gasteiger partial charge in [-0.15, -0.1) is 0 Å². The second-order valence-electron chi connectivity index (χ2n) is 6.84. The second kappa shape index (κ2) is 7.85. The van der Waals surface area contributed by atoms with Gasteiger partial charge in [-0.25, -0.2) is 9.38 Å². The predicted molar refractivity (Wildman–Crippen MR) is 94.8 cm³/mol. The summed E-state index contributed by atoms with van der Waals surface area (Å²) in [5, 5.41) is 2.76. The number of guanidine groups is 1. The van der Waals surface area contributed by atoms with E-state index >= 15 is 0 Å². The van der Waals surface area contributed by atoms with E-state index in [1.54, 1.807) is 19.1 Å². The van der Waals surface area contributed by atoms with Crippen LogP contribution in [0.4, 0.5) is 4.39 Å². The number of likely N-dealkylation sites (tertiary alicyclic amines) is 1. The maximum Gasteiger partial charge on any atom is 0.321 e. The summed E-state index contributed by atoms with van der Waals surface area (Å²) >= 11 is 0. The van der Waals surface area contributed by atoms with Crippen molar-refractivity contribution >= 4 is 17.8 Å². The first-order chi connectivity index (χ1) is 12.5. The third-order valence-electron chi connectivity index (χ3n) is 4.93. The van der Waals surface area contributed by atoms with E-state index in [1.807, 2.05) is 4.90 Å². The van der Waals surface area contributed by atoms with E-state index in [0.29, 0.717) is 17.4 Å². The van der Waals surface area contributed by atoms with Crippen LogP contribution in [0, 0.1) is 17.7 Å². The lowest BCUT2D eigenvalue weighted by molar-refractivity contribution is -0.153. The standard InChI is InChI=1S/C19H24FN3O3/c1-3-26-18(25)15-16(13-4-6-14(20)7-5-13)21-19(22-17(15)24)23-10-8-12(2)9-11-23/h4-7,12,15-16H,3,8-11H2,1-2H3,(H,21,22,24). The first-order valence-corrected chi connectivity index (χ1v) is 9.05. The zero-order valence-electron chi connectivity index (χ0n) is 15.1. The summed E-state index contributed by atoms with van der Waals surface area (Å²) in [6, 6.07) is 5.01. The molecule has 26 heavy (non-hydrogen) atoms. The molecule has 7 heteroatoms. The minimum Gasteiger partial charge on any atom is -0.465 e. The lowest BCUT2D eigenvalue weighted by Gasteiger charge is -2.36. The third kappa shape index (κ3) is 3.86. The Morgan fingerprint density at radius 1 is 1.31 bits per heavy atom. The van der Waals surface area contributed by atoms with Gasteiger partial charge in [-0.3, -0.25) is 14.9 Å². The molecule has 2 aliphatic heterocycles. The van der Waals surface area contributed by atoms with Crippen LogP contribution in [0.5, 0.6) is 0 Å². The topological polar surface area (TPSA) is 71.0 Å². The minimum atomic E-state index is -1.08. The molecule has 0 spiro atoms. The van der Waals surface area contributed by atoms with Crippen LogP contribution < -0.4 is 5.32 Å². The number of aliphatic imine (C=N–C) groups is 1. The Morgan fingerprint density at radius 3 is 2.58 bits per heavy atom. The van der Waals surface area contributed by atoms with Crippen molar-refractivity contribution in [2.75, 3.05) is 19.7 Å². The molecule has 1 N–H and O–H groups in total. The largest absolute Gasteiger partial charge is 0.465 e. The Kier molecular flexibility index (Phi) is 5.54. The van der Waals surface area contributed by atoms with Crippen LogP contribution in [-0.2, 0) is 14.3 Å². The number of carbonyl (C=O) groups is 2. The van der Waals surface area contributed by atoms with E-state index in [1.165, 1.54) is 12.1 Å². The molecule has 3 rings (SSSR count). The normalized spacial score (nSPS) is 24.0. The van der Waals surface area contributed by atoms with Crippen molar-refractivity contribution in [1.82, 2.24) is 10.2 Å². The van der Waals surface area contributed by atoms with E-state index in [2.05, 4.69) is 17.2 Å². The first-order valence-electron chi connectivity index (χ1n) is 9.05. The van der Waals surface area contributed by atoms with Gasteiger partial charge in [0, 0.05) is 13.1 Å². The Bertz CT molecular complexity index is 696. The van der Waals surface area contributed by atoms with E-state index in [4.69, 9.17) is 4.74 Å². The monoisotopic (exact) mass is 361 g/mol. The summed E-state index contributed by atoms with van der Waals surface area (Å²) in [5.41, 5.74) is 0.613. The summed E-state index contributed by atoms with van der Waals surface area (Å²) in [7, 11) is 0. The highest BCUT2D eigenvalue weighted by atomic mass is 19.1. The highest BCUT2D eigenvalue weighted by molar-refractivity contribution is 6.08. The lowest BCUT2D eigenvalue weighted by Crippen LogP contribution is -2.54. The quantitative estimate of drug-likeness (QED) is 0.662. The lowest BCUT2D eigenvalue weighted by atomic mass is 9.91. The SMILES string of the molecule is CCOC(=O)C1C(=O)NC(N2CCC(C)CC2)=NC1c1ccc(F)cc1. The number of halogens is 1. The molecule has 0 aromatic heterocycles. The molecular formula is C19H24FN3O3. The number of rotatable bonds is 3. The van der Waals surface area contributed by atoms with Crippen LogP contribution in [0.3, 0.4) is 0 Å². The van der Waals surface area contributed by atoms with Gasteiger partial charge in [0.2, 0.25) is 11.9 Å². The fourth-order valence-electron chi connectivity index (χ4n) is 3.35. The molecule has 0 aliphatic carbocycles. The molecule has 1 amide bonds. The van der Waals surface area contributed by atoms with Crippen LogP contribution in [0.25, 0.3) is 0 Å². The fraction of sp³-hybridized carbons (Fsp3) is 0.526. The number of ether oxygens (including phenoxy) is 1. The maximum absolute atomic E-state index is 13.3. The van der Waals surface area contributed by atoms with Gasteiger partial charge in [-0.2, -0.15) is 0 Å².